The van der Waals surface area contributed by atoms with Crippen LogP contribution in [0, 0.1) is 3.57 Å². The molecule has 1 aliphatic rings. The number of likely N-dealkylation sites (N-methyl/N-ethyl adjacent to an activating group) is 2. The summed E-state index contributed by atoms with van der Waals surface area (Å²) in [6.45, 7) is 5.25. The molecule has 0 spiro atoms. The summed E-state index contributed by atoms with van der Waals surface area (Å²) in [6.07, 6.45) is 2.04. The van der Waals surface area contributed by atoms with Crippen molar-refractivity contribution in [1.29, 1.82) is 0 Å². The Hall–Kier alpha value is -0.470. The Kier molecular flexibility index (Phi) is 4.97. The van der Waals surface area contributed by atoms with Crippen molar-refractivity contribution in [3.05, 3.63) is 15.1 Å². The minimum absolute atomic E-state index is 0.244. The molecule has 5 nitrogen and oxygen atoms in total. The van der Waals surface area contributed by atoms with Gasteiger partial charge in [0.15, 0.2) is 0 Å². The maximum Gasteiger partial charge on any atom is 0.149 e. The van der Waals surface area contributed by atoms with Crippen LogP contribution < -0.4 is 5.73 Å². The van der Waals surface area contributed by atoms with E-state index in [0.29, 0.717) is 5.82 Å². The minimum atomic E-state index is 0.244. The molecular weight excluding hydrogens is 353 g/mol. The Morgan fingerprint density at radius 2 is 2.05 bits per heavy atom. The van der Waals surface area contributed by atoms with Crippen LogP contribution >= 0.6 is 22.6 Å². The van der Waals surface area contributed by atoms with Crippen LogP contribution in [-0.2, 0) is 6.42 Å². The van der Waals surface area contributed by atoms with Crippen molar-refractivity contribution >= 4 is 28.4 Å². The van der Waals surface area contributed by atoms with Crippen LogP contribution in [0.1, 0.15) is 30.9 Å². The topological polar surface area (TPSA) is 58.3 Å². The third-order valence-electron chi connectivity index (χ3n) is 3.60. The molecule has 0 aromatic carbocycles. The molecule has 1 aromatic heterocycles. The minimum Gasteiger partial charge on any atom is -0.383 e. The van der Waals surface area contributed by atoms with Gasteiger partial charge < -0.3 is 10.6 Å². The zero-order valence-electron chi connectivity index (χ0n) is 11.9. The van der Waals surface area contributed by atoms with Crippen LogP contribution in [0.4, 0.5) is 5.82 Å². The maximum atomic E-state index is 6.05. The van der Waals surface area contributed by atoms with Gasteiger partial charge in [0.05, 0.1) is 15.3 Å². The summed E-state index contributed by atoms with van der Waals surface area (Å²) in [4.78, 5) is 13.9. The molecule has 0 saturated carbocycles. The van der Waals surface area contributed by atoms with Gasteiger partial charge in [-0.3, -0.25) is 4.90 Å². The van der Waals surface area contributed by atoms with Crippen molar-refractivity contribution in [3.8, 4) is 0 Å². The van der Waals surface area contributed by atoms with Crippen molar-refractivity contribution in [2.45, 2.75) is 25.8 Å². The van der Waals surface area contributed by atoms with Crippen LogP contribution in [0.5, 0.6) is 0 Å². The molecule has 0 bridgehead atoms. The summed E-state index contributed by atoms with van der Waals surface area (Å²) in [5, 5.41) is 0. The van der Waals surface area contributed by atoms with Gasteiger partial charge >= 0.3 is 0 Å². The van der Waals surface area contributed by atoms with E-state index >= 15 is 0 Å². The first-order valence-electron chi connectivity index (χ1n) is 6.73. The number of aromatic nitrogens is 2. The predicted octanol–water partition coefficient (Wildman–Crippen LogP) is 1.53. The number of anilines is 1. The van der Waals surface area contributed by atoms with Gasteiger partial charge in [0.2, 0.25) is 0 Å². The quantitative estimate of drug-likeness (QED) is 0.813. The fraction of sp³-hybridized carbons (Fsp3) is 0.692. The lowest BCUT2D eigenvalue weighted by Gasteiger charge is -2.36. The molecule has 2 heterocycles. The third kappa shape index (κ3) is 3.35. The van der Waals surface area contributed by atoms with Crippen molar-refractivity contribution in [2.24, 2.45) is 0 Å². The molecule has 2 rings (SSSR count). The first kappa shape index (κ1) is 14.9. The molecule has 1 aromatic rings. The van der Waals surface area contributed by atoms with Crippen LogP contribution in [-0.4, -0.2) is 53.5 Å². The number of hydrogen-bond donors (Lipinski definition) is 1. The van der Waals surface area contributed by atoms with Gasteiger partial charge in [-0.25, -0.2) is 9.97 Å². The number of nitrogen functional groups attached to an aromatic ring is 1. The molecule has 1 saturated heterocycles. The van der Waals surface area contributed by atoms with Crippen LogP contribution in [0.25, 0.3) is 0 Å². The second kappa shape index (κ2) is 6.32. The lowest BCUT2D eigenvalue weighted by atomic mass is 10.1. The van der Waals surface area contributed by atoms with E-state index in [2.05, 4.69) is 58.4 Å². The Morgan fingerprint density at radius 1 is 1.32 bits per heavy atom. The summed E-state index contributed by atoms with van der Waals surface area (Å²) >= 11 is 2.25. The third-order valence-corrected chi connectivity index (χ3v) is 4.77. The second-order valence-electron chi connectivity index (χ2n) is 5.24. The molecule has 0 radical (unpaired) electrons. The van der Waals surface area contributed by atoms with Gasteiger partial charge in [-0.1, -0.05) is 13.3 Å². The molecule has 1 atom stereocenters. The largest absolute Gasteiger partial charge is 0.383 e. The highest BCUT2D eigenvalue weighted by Gasteiger charge is 2.27. The normalized spacial score (nSPS) is 21.8. The van der Waals surface area contributed by atoms with E-state index in [4.69, 9.17) is 10.7 Å². The second-order valence-corrected chi connectivity index (χ2v) is 6.32. The van der Waals surface area contributed by atoms with E-state index in [0.717, 1.165) is 47.6 Å². The number of aryl methyl sites for hydroxylation is 1. The number of rotatable bonds is 3. The Balaban J connectivity index is 2.33. The highest BCUT2D eigenvalue weighted by atomic mass is 127. The van der Waals surface area contributed by atoms with Crippen molar-refractivity contribution in [2.75, 3.05) is 39.5 Å². The molecule has 19 heavy (non-hydrogen) atoms. The molecule has 1 aliphatic heterocycles. The number of piperazine rings is 1. The zero-order chi connectivity index (χ0) is 14.0. The standard InChI is InChI=1S/C13H22IN5/c1-4-5-9-11(14)12(15)17-13(16-9)10-8-18(2)6-7-19(10)3/h10H,4-8H2,1-3H3,(H2,15,16,17). The molecule has 0 amide bonds. The Labute approximate surface area is 128 Å². The summed E-state index contributed by atoms with van der Waals surface area (Å²) in [7, 11) is 4.28. The van der Waals surface area contributed by atoms with E-state index in [1.807, 2.05) is 0 Å². The average molecular weight is 375 g/mol. The molecule has 6 heteroatoms. The molecule has 106 valence electrons. The Morgan fingerprint density at radius 3 is 2.74 bits per heavy atom. The van der Waals surface area contributed by atoms with Crippen molar-refractivity contribution in [1.82, 2.24) is 19.8 Å². The highest BCUT2D eigenvalue weighted by molar-refractivity contribution is 14.1. The van der Waals surface area contributed by atoms with E-state index < -0.39 is 0 Å². The number of halogens is 1. The summed E-state index contributed by atoms with van der Waals surface area (Å²) < 4.78 is 1.01. The van der Waals surface area contributed by atoms with Gasteiger partial charge in [0.25, 0.3) is 0 Å². The fourth-order valence-corrected chi connectivity index (χ4v) is 2.88. The van der Waals surface area contributed by atoms with Gasteiger partial charge in [-0.2, -0.15) is 0 Å². The summed E-state index contributed by atoms with van der Waals surface area (Å²) in [6, 6.07) is 0.244. The van der Waals surface area contributed by atoms with E-state index in [1.165, 1.54) is 0 Å². The average Bonchev–Trinajstić information content (AvgIpc) is 2.38. The van der Waals surface area contributed by atoms with Gasteiger partial charge in [-0.15, -0.1) is 0 Å². The number of nitrogens with zero attached hydrogens (tertiary/aromatic N) is 4. The number of hydrogen-bond acceptors (Lipinski definition) is 5. The van der Waals surface area contributed by atoms with Crippen LogP contribution in [0.2, 0.25) is 0 Å². The zero-order valence-corrected chi connectivity index (χ0v) is 14.0. The molecule has 1 fully saturated rings. The Bertz CT molecular complexity index is 451. The van der Waals surface area contributed by atoms with E-state index in [-0.39, 0.29) is 6.04 Å². The monoisotopic (exact) mass is 375 g/mol. The van der Waals surface area contributed by atoms with Gasteiger partial charge in [0.1, 0.15) is 11.6 Å². The first-order chi connectivity index (χ1) is 9.02. The predicted molar refractivity (Wildman–Crippen MR) is 86.0 cm³/mol. The summed E-state index contributed by atoms with van der Waals surface area (Å²) in [5.41, 5.74) is 7.14. The van der Waals surface area contributed by atoms with Crippen LogP contribution in [0.3, 0.4) is 0 Å². The van der Waals surface area contributed by atoms with Crippen molar-refractivity contribution in [3.63, 3.8) is 0 Å². The van der Waals surface area contributed by atoms with Crippen molar-refractivity contribution < 1.29 is 0 Å². The van der Waals surface area contributed by atoms with E-state index in [9.17, 15) is 0 Å². The van der Waals surface area contributed by atoms with Crippen LogP contribution in [0.15, 0.2) is 0 Å². The van der Waals surface area contributed by atoms with Gasteiger partial charge in [0, 0.05) is 19.6 Å². The molecule has 1 unspecified atom stereocenters. The lowest BCUT2D eigenvalue weighted by molar-refractivity contribution is 0.109. The fourth-order valence-electron chi connectivity index (χ4n) is 2.37. The SMILES string of the molecule is CCCc1nc(C2CN(C)CCN2C)nc(N)c1I. The molecular formula is C13H22IN5. The maximum absolute atomic E-state index is 6.05. The summed E-state index contributed by atoms with van der Waals surface area (Å²) in [5.74, 6) is 1.49. The van der Waals surface area contributed by atoms with E-state index in [1.54, 1.807) is 0 Å². The van der Waals surface area contributed by atoms with Gasteiger partial charge in [-0.05, 0) is 43.1 Å². The smallest absolute Gasteiger partial charge is 0.149 e. The first-order valence-corrected chi connectivity index (χ1v) is 7.81. The lowest BCUT2D eigenvalue weighted by Crippen LogP contribution is -2.45. The highest BCUT2D eigenvalue weighted by Crippen LogP contribution is 2.25. The number of nitrogens with two attached hydrogens (primary N) is 1. The molecule has 0 aliphatic carbocycles. The molecule has 2 N–H and O–H groups in total.